The van der Waals surface area contributed by atoms with E-state index in [-0.39, 0.29) is 6.04 Å². The Labute approximate surface area is 165 Å². The van der Waals surface area contributed by atoms with Gasteiger partial charge in [-0.15, -0.1) is 0 Å². The summed E-state index contributed by atoms with van der Waals surface area (Å²) in [5.74, 6) is 1.64. The number of hydrogen-bond acceptors (Lipinski definition) is 5. The fourth-order valence-electron chi connectivity index (χ4n) is 4.12. The van der Waals surface area contributed by atoms with E-state index in [1.54, 1.807) is 0 Å². The van der Waals surface area contributed by atoms with Crippen LogP contribution in [0.5, 0.6) is 11.5 Å². The zero-order valence-corrected chi connectivity index (χ0v) is 16.6. The van der Waals surface area contributed by atoms with E-state index < -0.39 is 15.6 Å². The van der Waals surface area contributed by atoms with E-state index >= 15 is 0 Å². The van der Waals surface area contributed by atoms with Gasteiger partial charge in [0.15, 0.2) is 17.3 Å². The molecule has 1 saturated heterocycles. The van der Waals surface area contributed by atoms with Gasteiger partial charge in [0.05, 0.1) is 6.26 Å². The van der Waals surface area contributed by atoms with Crippen LogP contribution >= 0.6 is 0 Å². The smallest absolute Gasteiger partial charge is 0.212 e. The maximum atomic E-state index is 12.7. The van der Waals surface area contributed by atoms with E-state index in [1.165, 1.54) is 16.8 Å². The van der Waals surface area contributed by atoms with Crippen molar-refractivity contribution in [1.29, 1.82) is 0 Å². The van der Waals surface area contributed by atoms with Crippen molar-refractivity contribution in [3.8, 4) is 11.5 Å². The molecule has 4 rings (SSSR count). The largest absolute Gasteiger partial charge is 0.457 e. The third-order valence-corrected chi connectivity index (χ3v) is 6.67. The summed E-state index contributed by atoms with van der Waals surface area (Å²) in [6, 6.07) is 17.0. The van der Waals surface area contributed by atoms with E-state index in [9.17, 15) is 8.42 Å². The van der Waals surface area contributed by atoms with Crippen LogP contribution in [-0.4, -0.2) is 37.1 Å². The van der Waals surface area contributed by atoms with Crippen LogP contribution in [0.25, 0.3) is 0 Å². The highest BCUT2D eigenvalue weighted by Gasteiger charge is 2.51. The minimum atomic E-state index is -3.50. The number of para-hydroxylation sites is 2. The molecule has 2 aromatic carbocycles. The Morgan fingerprint density at radius 3 is 2.50 bits per heavy atom. The molecular weight excluding hydrogens is 376 g/mol. The van der Waals surface area contributed by atoms with Crippen molar-refractivity contribution in [3.05, 3.63) is 72.2 Å². The first kappa shape index (κ1) is 19.0. The Kier molecular flexibility index (Phi) is 4.91. The van der Waals surface area contributed by atoms with Gasteiger partial charge in [-0.25, -0.2) is 8.42 Å². The van der Waals surface area contributed by atoms with Crippen LogP contribution < -0.4 is 15.2 Å². The van der Waals surface area contributed by atoms with Crippen molar-refractivity contribution in [3.63, 3.8) is 0 Å². The highest BCUT2D eigenvalue weighted by atomic mass is 32.2. The zero-order valence-electron chi connectivity index (χ0n) is 15.7. The predicted molar refractivity (Wildman–Crippen MR) is 107 cm³/mol. The maximum absolute atomic E-state index is 12.7. The number of nitrogens with zero attached hydrogens (tertiary/aromatic N) is 1. The molecule has 0 saturated carbocycles. The molecule has 1 fully saturated rings. The molecule has 0 amide bonds. The second-order valence-corrected chi connectivity index (χ2v) is 9.34. The Hall–Kier alpha value is -2.35. The average Bonchev–Trinajstić information content (AvgIpc) is 2.67. The number of rotatable bonds is 4. The molecule has 2 heterocycles. The van der Waals surface area contributed by atoms with Crippen molar-refractivity contribution in [1.82, 2.24) is 4.31 Å². The van der Waals surface area contributed by atoms with Crippen LogP contribution in [0, 0.1) is 0 Å². The molecule has 2 aliphatic heterocycles. The molecular formula is C21H24N2O4S. The molecule has 0 radical (unpaired) electrons. The lowest BCUT2D eigenvalue weighted by atomic mass is 9.79. The molecule has 2 unspecified atom stereocenters. The molecule has 0 aliphatic carbocycles. The summed E-state index contributed by atoms with van der Waals surface area (Å²) in [7, 11) is -3.50. The average molecular weight is 401 g/mol. The predicted octanol–water partition coefficient (Wildman–Crippen LogP) is 2.66. The number of hydrogen-bond donors (Lipinski definition) is 1. The first-order valence-electron chi connectivity index (χ1n) is 9.30. The lowest BCUT2D eigenvalue weighted by Gasteiger charge is -2.48. The molecule has 2 aliphatic rings. The Morgan fingerprint density at radius 2 is 1.79 bits per heavy atom. The second-order valence-electron chi connectivity index (χ2n) is 7.43. The quantitative estimate of drug-likeness (QED) is 0.853. The van der Waals surface area contributed by atoms with Crippen molar-refractivity contribution < 1.29 is 17.9 Å². The van der Waals surface area contributed by atoms with Crippen LogP contribution in [-0.2, 0) is 16.4 Å². The van der Waals surface area contributed by atoms with Crippen LogP contribution in [0.2, 0.25) is 0 Å². The van der Waals surface area contributed by atoms with Crippen LogP contribution in [0.3, 0.4) is 0 Å². The summed E-state index contributed by atoms with van der Waals surface area (Å²) in [4.78, 5) is 0. The Bertz CT molecular complexity index is 990. The lowest BCUT2D eigenvalue weighted by Crippen LogP contribution is -2.61. The second kappa shape index (κ2) is 7.24. The summed E-state index contributed by atoms with van der Waals surface area (Å²) in [5, 5.41) is 0. The summed E-state index contributed by atoms with van der Waals surface area (Å²) < 4.78 is 39.0. The summed E-state index contributed by atoms with van der Waals surface area (Å²) in [5.41, 5.74) is 6.39. The van der Waals surface area contributed by atoms with Crippen LogP contribution in [0.15, 0.2) is 66.6 Å². The molecule has 7 heteroatoms. The fourth-order valence-corrected chi connectivity index (χ4v) is 5.42. The number of piperidine rings is 1. The maximum Gasteiger partial charge on any atom is 0.212 e. The first-order chi connectivity index (χ1) is 13.4. The SMILES string of the molecule is CS(=O)(=O)N1CCC(N)CC1(Cc1ccccc1)C1=COc2ccccc2O1. The number of sulfonamides is 1. The van der Waals surface area contributed by atoms with Gasteiger partial charge < -0.3 is 15.2 Å². The monoisotopic (exact) mass is 400 g/mol. The van der Waals surface area contributed by atoms with E-state index in [0.717, 1.165) is 5.56 Å². The first-order valence-corrected chi connectivity index (χ1v) is 11.1. The van der Waals surface area contributed by atoms with Gasteiger partial charge in [-0.1, -0.05) is 42.5 Å². The van der Waals surface area contributed by atoms with Gasteiger partial charge in [-0.05, 0) is 37.0 Å². The minimum Gasteiger partial charge on any atom is -0.457 e. The number of ether oxygens (including phenoxy) is 2. The van der Waals surface area contributed by atoms with Gasteiger partial charge in [0.25, 0.3) is 0 Å². The number of fused-ring (bicyclic) bond motifs is 1. The minimum absolute atomic E-state index is 0.136. The standard InChI is InChI=1S/C21H24N2O4S/c1-28(24,25)23-12-11-17(22)14-21(23,13-16-7-3-2-4-8-16)20-15-26-18-9-5-6-10-19(18)27-20/h2-10,15,17H,11-14,22H2,1H3. The van der Waals surface area contributed by atoms with E-state index in [4.69, 9.17) is 15.2 Å². The zero-order chi connectivity index (χ0) is 19.8. The third-order valence-electron chi connectivity index (χ3n) is 5.34. The van der Waals surface area contributed by atoms with Gasteiger partial charge in [0.1, 0.15) is 11.8 Å². The molecule has 2 N–H and O–H groups in total. The van der Waals surface area contributed by atoms with Crippen molar-refractivity contribution in [2.75, 3.05) is 12.8 Å². The van der Waals surface area contributed by atoms with Gasteiger partial charge in [-0.2, -0.15) is 4.31 Å². The fraction of sp³-hybridized carbons (Fsp3) is 0.333. The van der Waals surface area contributed by atoms with E-state index in [2.05, 4.69) is 0 Å². The van der Waals surface area contributed by atoms with E-state index in [1.807, 2.05) is 54.6 Å². The topological polar surface area (TPSA) is 81.9 Å². The molecule has 2 aromatic rings. The van der Waals surface area contributed by atoms with Crippen molar-refractivity contribution in [2.45, 2.75) is 30.8 Å². The normalized spacial score (nSPS) is 25.2. The molecule has 0 spiro atoms. The summed E-state index contributed by atoms with van der Waals surface area (Å²) in [6.45, 7) is 0.342. The third kappa shape index (κ3) is 3.53. The number of benzene rings is 2. The van der Waals surface area contributed by atoms with Gasteiger partial charge >= 0.3 is 0 Å². The van der Waals surface area contributed by atoms with E-state index in [0.29, 0.717) is 43.1 Å². The molecule has 6 nitrogen and oxygen atoms in total. The molecule has 0 bridgehead atoms. The summed E-state index contributed by atoms with van der Waals surface area (Å²) in [6.07, 6.45) is 4.27. The summed E-state index contributed by atoms with van der Waals surface area (Å²) >= 11 is 0. The highest BCUT2D eigenvalue weighted by Crippen LogP contribution is 2.43. The molecule has 148 valence electrons. The molecule has 28 heavy (non-hydrogen) atoms. The van der Waals surface area contributed by atoms with Crippen LogP contribution in [0.4, 0.5) is 0 Å². The van der Waals surface area contributed by atoms with Crippen LogP contribution in [0.1, 0.15) is 18.4 Å². The highest BCUT2D eigenvalue weighted by molar-refractivity contribution is 7.88. The Balaban J connectivity index is 1.82. The van der Waals surface area contributed by atoms with Gasteiger partial charge in [0, 0.05) is 12.6 Å². The molecule has 2 atom stereocenters. The molecule has 0 aromatic heterocycles. The number of nitrogens with two attached hydrogens (primary N) is 1. The van der Waals surface area contributed by atoms with Gasteiger partial charge in [0.2, 0.25) is 10.0 Å². The van der Waals surface area contributed by atoms with Crippen molar-refractivity contribution in [2.24, 2.45) is 5.73 Å². The van der Waals surface area contributed by atoms with Crippen molar-refractivity contribution >= 4 is 10.0 Å². The van der Waals surface area contributed by atoms with Gasteiger partial charge in [-0.3, -0.25) is 0 Å². The Morgan fingerprint density at radius 1 is 1.11 bits per heavy atom. The lowest BCUT2D eigenvalue weighted by molar-refractivity contribution is 0.0999.